The summed E-state index contributed by atoms with van der Waals surface area (Å²) in [7, 11) is 1.92. The first-order chi connectivity index (χ1) is 11.6. The molecule has 1 N–H and O–H groups in total. The smallest absolute Gasteiger partial charge is 0.256 e. The van der Waals surface area contributed by atoms with Crippen LogP contribution in [0.4, 0.5) is 5.82 Å². The van der Waals surface area contributed by atoms with Gasteiger partial charge in [0.05, 0.1) is 6.20 Å². The quantitative estimate of drug-likeness (QED) is 0.903. The van der Waals surface area contributed by atoms with Crippen LogP contribution in [0.1, 0.15) is 56.3 Å². The van der Waals surface area contributed by atoms with Gasteiger partial charge in [0, 0.05) is 26.2 Å². The maximum absolute atomic E-state index is 13.0. The molecule has 5 nitrogen and oxygen atoms in total. The summed E-state index contributed by atoms with van der Waals surface area (Å²) in [6.07, 6.45) is 8.49. The van der Waals surface area contributed by atoms with Crippen molar-refractivity contribution in [3.05, 3.63) is 11.8 Å². The molecule has 4 fully saturated rings. The number of aryl methyl sites for hydroxylation is 1. The van der Waals surface area contributed by atoms with Gasteiger partial charge < -0.3 is 10.2 Å². The normalized spacial score (nSPS) is 33.7. The van der Waals surface area contributed by atoms with E-state index in [9.17, 15) is 4.79 Å². The topological polar surface area (TPSA) is 50.2 Å². The number of carbonyl (C=O) groups is 1. The molecule has 0 unspecified atom stereocenters. The Morgan fingerprint density at radius 3 is 2.29 bits per heavy atom. The number of nitrogens with zero attached hydrogens (tertiary/aromatic N) is 3. The van der Waals surface area contributed by atoms with E-state index in [1.165, 1.54) is 32.1 Å². The van der Waals surface area contributed by atoms with Gasteiger partial charge in [-0.25, -0.2) is 0 Å². The highest BCUT2D eigenvalue weighted by Crippen LogP contribution is 2.53. The lowest BCUT2D eigenvalue weighted by atomic mass is 9.54. The van der Waals surface area contributed by atoms with Crippen molar-refractivity contribution in [3.63, 3.8) is 0 Å². The van der Waals surface area contributed by atoms with Gasteiger partial charge in [-0.3, -0.25) is 9.48 Å². The van der Waals surface area contributed by atoms with Crippen LogP contribution in [0, 0.1) is 23.7 Å². The standard InChI is InChI=1S/C19H30N4O/c1-4-23(5-2)19-16(11-20-22(19)3)18(24)21-17-14-7-12-6-13(9-14)10-15(17)8-12/h11-15,17H,4-10H2,1-3H3,(H,21,24). The van der Waals surface area contributed by atoms with E-state index < -0.39 is 0 Å². The van der Waals surface area contributed by atoms with Gasteiger partial charge in [-0.2, -0.15) is 5.10 Å². The maximum Gasteiger partial charge on any atom is 0.256 e. The van der Waals surface area contributed by atoms with E-state index >= 15 is 0 Å². The second-order valence-corrected chi connectivity index (χ2v) is 8.11. The van der Waals surface area contributed by atoms with Crippen LogP contribution in [0.5, 0.6) is 0 Å². The van der Waals surface area contributed by atoms with E-state index in [-0.39, 0.29) is 5.91 Å². The van der Waals surface area contributed by atoms with Gasteiger partial charge in [0.1, 0.15) is 11.4 Å². The predicted octanol–water partition coefficient (Wildman–Crippen LogP) is 2.82. The average molecular weight is 330 g/mol. The highest BCUT2D eigenvalue weighted by molar-refractivity contribution is 5.99. The molecule has 4 bridgehead atoms. The maximum atomic E-state index is 13.0. The van der Waals surface area contributed by atoms with E-state index in [1.54, 1.807) is 6.20 Å². The summed E-state index contributed by atoms with van der Waals surface area (Å²) < 4.78 is 1.83. The van der Waals surface area contributed by atoms with Crippen LogP contribution in [-0.2, 0) is 7.05 Å². The second kappa shape index (κ2) is 6.08. The largest absolute Gasteiger partial charge is 0.357 e. The van der Waals surface area contributed by atoms with Crippen LogP contribution in [0.3, 0.4) is 0 Å². The number of hydrogen-bond donors (Lipinski definition) is 1. The third-order valence-corrected chi connectivity index (χ3v) is 6.74. The summed E-state index contributed by atoms with van der Waals surface area (Å²) in [6.45, 7) is 6.01. The van der Waals surface area contributed by atoms with Gasteiger partial charge >= 0.3 is 0 Å². The summed E-state index contributed by atoms with van der Waals surface area (Å²) in [6, 6.07) is 0.384. The zero-order valence-corrected chi connectivity index (χ0v) is 15.2. The molecular weight excluding hydrogens is 300 g/mol. The number of rotatable bonds is 5. The lowest BCUT2D eigenvalue weighted by Gasteiger charge is -2.54. The molecule has 1 aromatic rings. The molecule has 4 aliphatic carbocycles. The van der Waals surface area contributed by atoms with Crippen LogP contribution in [0.15, 0.2) is 6.20 Å². The van der Waals surface area contributed by atoms with Crippen LogP contribution < -0.4 is 10.2 Å². The SMILES string of the molecule is CCN(CC)c1c(C(=O)NC2C3CC4CC(C3)CC2C4)cnn1C. The lowest BCUT2D eigenvalue weighted by Crippen LogP contribution is -2.55. The van der Waals surface area contributed by atoms with E-state index in [1.807, 2.05) is 11.7 Å². The molecule has 4 aliphatic rings. The number of anilines is 1. The Morgan fingerprint density at radius 2 is 1.75 bits per heavy atom. The minimum absolute atomic E-state index is 0.0717. The van der Waals surface area contributed by atoms with E-state index in [0.717, 1.165) is 36.3 Å². The molecule has 24 heavy (non-hydrogen) atoms. The molecule has 0 atom stereocenters. The molecule has 0 spiro atoms. The molecule has 1 aromatic heterocycles. The molecule has 1 heterocycles. The van der Waals surface area contributed by atoms with Crippen molar-refractivity contribution in [1.29, 1.82) is 0 Å². The lowest BCUT2D eigenvalue weighted by molar-refractivity contribution is -0.0119. The molecule has 0 saturated heterocycles. The van der Waals surface area contributed by atoms with Crippen molar-refractivity contribution in [2.45, 2.75) is 52.0 Å². The molecule has 0 aliphatic heterocycles. The number of aromatic nitrogens is 2. The van der Waals surface area contributed by atoms with Gasteiger partial charge in [0.25, 0.3) is 5.91 Å². The Hall–Kier alpha value is -1.52. The summed E-state index contributed by atoms with van der Waals surface area (Å²) in [5.74, 6) is 4.30. The minimum Gasteiger partial charge on any atom is -0.357 e. The minimum atomic E-state index is 0.0717. The highest BCUT2D eigenvalue weighted by Gasteiger charge is 2.48. The summed E-state index contributed by atoms with van der Waals surface area (Å²) in [4.78, 5) is 15.2. The Bertz CT molecular complexity index is 591. The fourth-order valence-electron chi connectivity index (χ4n) is 5.88. The van der Waals surface area contributed by atoms with Gasteiger partial charge in [0.2, 0.25) is 0 Å². The number of nitrogens with one attached hydrogen (secondary N) is 1. The summed E-state index contributed by atoms with van der Waals surface area (Å²) in [5.41, 5.74) is 0.731. The van der Waals surface area contributed by atoms with Crippen molar-refractivity contribution in [2.75, 3.05) is 18.0 Å². The molecule has 132 valence electrons. The summed E-state index contributed by atoms with van der Waals surface area (Å²) >= 11 is 0. The van der Waals surface area contributed by atoms with E-state index in [4.69, 9.17) is 0 Å². The Kier molecular flexibility index (Phi) is 4.05. The third kappa shape index (κ3) is 2.52. The first-order valence-electron chi connectivity index (χ1n) is 9.68. The zero-order valence-electron chi connectivity index (χ0n) is 15.2. The Morgan fingerprint density at radius 1 is 1.17 bits per heavy atom. The van der Waals surface area contributed by atoms with Crippen molar-refractivity contribution in [1.82, 2.24) is 15.1 Å². The Labute approximate surface area is 144 Å². The van der Waals surface area contributed by atoms with Crippen molar-refractivity contribution < 1.29 is 4.79 Å². The monoisotopic (exact) mass is 330 g/mol. The molecule has 0 radical (unpaired) electrons. The van der Waals surface area contributed by atoms with E-state index in [2.05, 4.69) is 29.2 Å². The number of amides is 1. The van der Waals surface area contributed by atoms with Crippen LogP contribution in [-0.4, -0.2) is 34.8 Å². The molecule has 0 aromatic carbocycles. The van der Waals surface area contributed by atoms with Crippen LogP contribution >= 0.6 is 0 Å². The average Bonchev–Trinajstić information content (AvgIpc) is 2.93. The van der Waals surface area contributed by atoms with Crippen molar-refractivity contribution in [2.24, 2.45) is 30.7 Å². The fraction of sp³-hybridized carbons (Fsp3) is 0.789. The van der Waals surface area contributed by atoms with Crippen LogP contribution in [0.2, 0.25) is 0 Å². The zero-order chi connectivity index (χ0) is 16.8. The van der Waals surface area contributed by atoms with Crippen molar-refractivity contribution in [3.8, 4) is 0 Å². The van der Waals surface area contributed by atoms with Crippen molar-refractivity contribution >= 4 is 11.7 Å². The van der Waals surface area contributed by atoms with Gasteiger partial charge in [-0.15, -0.1) is 0 Å². The molecule has 5 heteroatoms. The van der Waals surface area contributed by atoms with Gasteiger partial charge in [-0.1, -0.05) is 0 Å². The Balaban J connectivity index is 1.53. The first-order valence-corrected chi connectivity index (χ1v) is 9.68. The second-order valence-electron chi connectivity index (χ2n) is 8.11. The van der Waals surface area contributed by atoms with Crippen LogP contribution in [0.25, 0.3) is 0 Å². The summed E-state index contributed by atoms with van der Waals surface area (Å²) in [5, 5.41) is 7.77. The molecular formula is C19H30N4O. The predicted molar refractivity (Wildman–Crippen MR) is 95.1 cm³/mol. The van der Waals surface area contributed by atoms with Gasteiger partial charge in [-0.05, 0) is 69.6 Å². The van der Waals surface area contributed by atoms with Gasteiger partial charge in [0.15, 0.2) is 0 Å². The molecule has 1 amide bonds. The third-order valence-electron chi connectivity index (χ3n) is 6.74. The number of carbonyl (C=O) groups excluding carboxylic acids is 1. The number of hydrogen-bond acceptors (Lipinski definition) is 3. The molecule has 4 saturated carbocycles. The van der Waals surface area contributed by atoms with E-state index in [0.29, 0.717) is 17.9 Å². The first kappa shape index (κ1) is 16.0. The fourth-order valence-corrected chi connectivity index (χ4v) is 5.88. The highest BCUT2D eigenvalue weighted by atomic mass is 16.1. The molecule has 5 rings (SSSR count).